The van der Waals surface area contributed by atoms with Gasteiger partial charge >= 0.3 is 0 Å². The molecule has 0 aromatic rings. The minimum absolute atomic E-state index is 0.0559. The first kappa shape index (κ1) is 24.9. The van der Waals surface area contributed by atoms with Crippen molar-refractivity contribution in [2.24, 2.45) is 5.92 Å². The third-order valence-electron chi connectivity index (χ3n) is 3.94. The van der Waals surface area contributed by atoms with Crippen LogP contribution in [0.25, 0.3) is 0 Å². The highest BCUT2D eigenvalue weighted by atomic mass is 16.5. The normalized spacial score (nSPS) is 10.9. The van der Waals surface area contributed by atoms with E-state index in [-0.39, 0.29) is 17.7 Å². The van der Waals surface area contributed by atoms with E-state index in [4.69, 9.17) is 9.47 Å². The number of hydrogen-bond acceptors (Lipinski definition) is 4. The highest BCUT2D eigenvalue weighted by Gasteiger charge is 2.04. The van der Waals surface area contributed by atoms with E-state index in [0.717, 1.165) is 51.8 Å². The molecule has 154 valence electrons. The quantitative estimate of drug-likeness (QED) is 0.363. The number of nitrogens with one attached hydrogen (secondary N) is 2. The highest BCUT2D eigenvalue weighted by Crippen LogP contribution is 2.04. The van der Waals surface area contributed by atoms with Crippen molar-refractivity contribution in [3.05, 3.63) is 0 Å². The van der Waals surface area contributed by atoms with Gasteiger partial charge in [-0.2, -0.15) is 0 Å². The van der Waals surface area contributed by atoms with Crippen LogP contribution in [0, 0.1) is 5.92 Å². The number of carbonyl (C=O) groups excluding carboxylic acids is 2. The van der Waals surface area contributed by atoms with Gasteiger partial charge in [-0.15, -0.1) is 0 Å². The van der Waals surface area contributed by atoms with Crippen molar-refractivity contribution in [1.29, 1.82) is 0 Å². The van der Waals surface area contributed by atoms with Gasteiger partial charge in [0, 0.05) is 32.0 Å². The molecule has 0 aliphatic heterocycles. The Morgan fingerprint density at radius 2 is 1.31 bits per heavy atom. The fraction of sp³-hybridized carbons (Fsp3) is 0.900. The Balaban J connectivity index is 3.22. The van der Waals surface area contributed by atoms with Crippen LogP contribution in [-0.2, 0) is 19.1 Å². The summed E-state index contributed by atoms with van der Waals surface area (Å²) >= 11 is 0. The number of unbranched alkanes of at least 4 members (excludes halogenated alkanes) is 5. The minimum atomic E-state index is 0.0559. The van der Waals surface area contributed by atoms with Crippen molar-refractivity contribution in [2.45, 2.75) is 72.1 Å². The maximum atomic E-state index is 11.6. The molecule has 0 heterocycles. The second-order valence-electron chi connectivity index (χ2n) is 6.89. The van der Waals surface area contributed by atoms with E-state index < -0.39 is 0 Å². The van der Waals surface area contributed by atoms with E-state index >= 15 is 0 Å². The van der Waals surface area contributed by atoms with Crippen LogP contribution in [0.4, 0.5) is 0 Å². The third-order valence-corrected chi connectivity index (χ3v) is 3.94. The summed E-state index contributed by atoms with van der Waals surface area (Å²) in [5, 5.41) is 5.87. The molecule has 0 aromatic heterocycles. The van der Waals surface area contributed by atoms with Crippen LogP contribution in [0.3, 0.4) is 0 Å². The molecule has 0 atom stereocenters. The molecule has 0 saturated carbocycles. The lowest BCUT2D eigenvalue weighted by molar-refractivity contribution is -0.124. The van der Waals surface area contributed by atoms with Crippen molar-refractivity contribution >= 4 is 11.8 Å². The van der Waals surface area contributed by atoms with E-state index in [2.05, 4.69) is 17.6 Å². The average Bonchev–Trinajstić information content (AvgIpc) is 2.62. The van der Waals surface area contributed by atoms with E-state index in [0.29, 0.717) is 26.2 Å². The molecule has 0 unspecified atom stereocenters. The molecule has 2 N–H and O–H groups in total. The molecular formula is C20H40N2O4. The minimum Gasteiger partial charge on any atom is -0.379 e. The number of carbonyl (C=O) groups is 2. The SMILES string of the molecule is CCCOCCOCCC(=O)NCCCCCCCCNC(=O)C(C)C. The predicted octanol–water partition coefficient (Wildman–Crippen LogP) is 3.05. The summed E-state index contributed by atoms with van der Waals surface area (Å²) in [6, 6.07) is 0. The Morgan fingerprint density at radius 1 is 0.769 bits per heavy atom. The molecule has 6 nitrogen and oxygen atoms in total. The molecule has 6 heteroatoms. The lowest BCUT2D eigenvalue weighted by Crippen LogP contribution is -2.28. The molecular weight excluding hydrogens is 332 g/mol. The van der Waals surface area contributed by atoms with Gasteiger partial charge in [-0.05, 0) is 19.3 Å². The van der Waals surface area contributed by atoms with Crippen LogP contribution in [0.1, 0.15) is 72.1 Å². The van der Waals surface area contributed by atoms with Crippen LogP contribution in [0.5, 0.6) is 0 Å². The Morgan fingerprint density at radius 3 is 1.88 bits per heavy atom. The van der Waals surface area contributed by atoms with Crippen molar-refractivity contribution in [3.8, 4) is 0 Å². The monoisotopic (exact) mass is 372 g/mol. The second kappa shape index (κ2) is 18.6. The van der Waals surface area contributed by atoms with Crippen LogP contribution in [0.2, 0.25) is 0 Å². The first-order valence-electron chi connectivity index (χ1n) is 10.3. The molecule has 0 rings (SSSR count). The van der Waals surface area contributed by atoms with E-state index in [1.807, 2.05) is 13.8 Å². The number of ether oxygens (including phenoxy) is 2. The topological polar surface area (TPSA) is 76.7 Å². The summed E-state index contributed by atoms with van der Waals surface area (Å²) in [5.74, 6) is 0.257. The van der Waals surface area contributed by atoms with Crippen molar-refractivity contribution in [2.75, 3.05) is 39.5 Å². The Hall–Kier alpha value is -1.14. The average molecular weight is 373 g/mol. The zero-order valence-electron chi connectivity index (χ0n) is 17.1. The summed E-state index contributed by atoms with van der Waals surface area (Å²) in [4.78, 5) is 23.0. The van der Waals surface area contributed by atoms with Gasteiger partial charge < -0.3 is 20.1 Å². The molecule has 0 aliphatic carbocycles. The molecule has 26 heavy (non-hydrogen) atoms. The predicted molar refractivity (Wildman–Crippen MR) is 105 cm³/mol. The molecule has 0 spiro atoms. The Kier molecular flexibility index (Phi) is 17.8. The molecule has 2 amide bonds. The molecule has 0 bridgehead atoms. The number of hydrogen-bond donors (Lipinski definition) is 2. The van der Waals surface area contributed by atoms with Gasteiger partial charge in [0.2, 0.25) is 11.8 Å². The van der Waals surface area contributed by atoms with E-state index in [1.165, 1.54) is 12.8 Å². The summed E-state index contributed by atoms with van der Waals surface area (Å²) in [7, 11) is 0. The lowest BCUT2D eigenvalue weighted by atomic mass is 10.1. The Bertz CT molecular complexity index is 349. The fourth-order valence-corrected chi connectivity index (χ4v) is 2.32. The van der Waals surface area contributed by atoms with Crippen LogP contribution >= 0.6 is 0 Å². The largest absolute Gasteiger partial charge is 0.379 e. The zero-order valence-corrected chi connectivity index (χ0v) is 17.1. The maximum Gasteiger partial charge on any atom is 0.222 e. The van der Waals surface area contributed by atoms with Crippen molar-refractivity contribution < 1.29 is 19.1 Å². The molecule has 0 aliphatic rings. The van der Waals surface area contributed by atoms with Crippen LogP contribution < -0.4 is 10.6 Å². The van der Waals surface area contributed by atoms with Gasteiger partial charge in [0.15, 0.2) is 0 Å². The van der Waals surface area contributed by atoms with Gasteiger partial charge in [-0.3, -0.25) is 9.59 Å². The molecule has 0 saturated heterocycles. The first-order valence-corrected chi connectivity index (χ1v) is 10.3. The highest BCUT2D eigenvalue weighted by molar-refractivity contribution is 5.77. The third kappa shape index (κ3) is 17.7. The Labute approximate surface area is 159 Å². The van der Waals surface area contributed by atoms with E-state index in [1.54, 1.807) is 0 Å². The number of rotatable bonds is 18. The van der Waals surface area contributed by atoms with Crippen LogP contribution in [0.15, 0.2) is 0 Å². The van der Waals surface area contributed by atoms with Crippen molar-refractivity contribution in [1.82, 2.24) is 10.6 Å². The lowest BCUT2D eigenvalue weighted by Gasteiger charge is -2.08. The van der Waals surface area contributed by atoms with Gasteiger partial charge in [0.25, 0.3) is 0 Å². The van der Waals surface area contributed by atoms with Gasteiger partial charge in [0.05, 0.1) is 19.8 Å². The summed E-state index contributed by atoms with van der Waals surface area (Å²) in [6.07, 6.45) is 8.11. The first-order chi connectivity index (χ1) is 12.6. The molecule has 0 fully saturated rings. The molecule has 0 aromatic carbocycles. The van der Waals surface area contributed by atoms with Gasteiger partial charge in [-0.25, -0.2) is 0 Å². The van der Waals surface area contributed by atoms with E-state index in [9.17, 15) is 9.59 Å². The maximum absolute atomic E-state index is 11.6. The number of amides is 2. The smallest absolute Gasteiger partial charge is 0.222 e. The van der Waals surface area contributed by atoms with Gasteiger partial charge in [-0.1, -0.05) is 46.5 Å². The second-order valence-corrected chi connectivity index (χ2v) is 6.89. The fourth-order valence-electron chi connectivity index (χ4n) is 2.32. The standard InChI is InChI=1S/C20H40N2O4/c1-4-14-25-16-17-26-15-11-19(23)21-12-9-7-5-6-8-10-13-22-20(24)18(2)3/h18H,4-17H2,1-3H3,(H,21,23)(H,22,24). The summed E-state index contributed by atoms with van der Waals surface area (Å²) in [6.45, 7) is 9.76. The van der Waals surface area contributed by atoms with Gasteiger partial charge in [0.1, 0.15) is 0 Å². The molecule has 0 radical (unpaired) electrons. The summed E-state index contributed by atoms with van der Waals surface area (Å²) in [5.41, 5.74) is 0. The van der Waals surface area contributed by atoms with Crippen molar-refractivity contribution in [3.63, 3.8) is 0 Å². The zero-order chi connectivity index (χ0) is 19.5. The summed E-state index contributed by atoms with van der Waals surface area (Å²) < 4.78 is 10.7. The van der Waals surface area contributed by atoms with Crippen LogP contribution in [-0.4, -0.2) is 51.3 Å².